The van der Waals surface area contributed by atoms with Gasteiger partial charge in [-0.3, -0.25) is 4.79 Å². The van der Waals surface area contributed by atoms with Gasteiger partial charge in [0.15, 0.2) is 5.69 Å². The quantitative estimate of drug-likeness (QED) is 0.809. The van der Waals surface area contributed by atoms with Crippen molar-refractivity contribution in [2.45, 2.75) is 32.5 Å². The fourth-order valence-corrected chi connectivity index (χ4v) is 2.52. The third-order valence-electron chi connectivity index (χ3n) is 3.77. The molecular weight excluding hydrogens is 345 g/mol. The maximum atomic E-state index is 13.0. The van der Waals surface area contributed by atoms with E-state index in [9.17, 15) is 18.0 Å². The van der Waals surface area contributed by atoms with E-state index in [1.54, 1.807) is 12.1 Å². The summed E-state index contributed by atoms with van der Waals surface area (Å²) in [4.78, 5) is 11.5. The predicted molar refractivity (Wildman–Crippen MR) is 92.7 cm³/mol. The molecule has 0 spiro atoms. The largest absolute Gasteiger partial charge is 0.416 e. The highest BCUT2D eigenvalue weighted by Crippen LogP contribution is 2.33. The number of benzene rings is 1. The van der Waals surface area contributed by atoms with Crippen LogP contribution in [-0.4, -0.2) is 23.2 Å². The van der Waals surface area contributed by atoms with Gasteiger partial charge < -0.3 is 10.6 Å². The van der Waals surface area contributed by atoms with Gasteiger partial charge in [0.05, 0.1) is 11.6 Å². The molecule has 2 N–H and O–H groups in total. The maximum absolute atomic E-state index is 13.0. The molecule has 2 aromatic rings. The zero-order chi connectivity index (χ0) is 19.3. The molecule has 1 aromatic heterocycles. The van der Waals surface area contributed by atoms with E-state index in [0.29, 0.717) is 17.8 Å². The third kappa shape index (κ3) is 5.18. The molecule has 8 heteroatoms. The third-order valence-corrected chi connectivity index (χ3v) is 3.77. The number of aromatic nitrogens is 2. The van der Waals surface area contributed by atoms with Crippen molar-refractivity contribution in [2.24, 2.45) is 5.92 Å². The molecule has 0 bridgehead atoms. The topological polar surface area (TPSA) is 66.9 Å². The van der Waals surface area contributed by atoms with Crippen LogP contribution in [0.1, 0.15) is 47.9 Å². The van der Waals surface area contributed by atoms with Crippen LogP contribution in [0.25, 0.3) is 0 Å². The number of anilines is 1. The lowest BCUT2D eigenvalue weighted by Crippen LogP contribution is -2.20. The van der Waals surface area contributed by atoms with Crippen LogP contribution in [0.2, 0.25) is 0 Å². The molecule has 140 valence electrons. The number of rotatable bonds is 6. The summed E-state index contributed by atoms with van der Waals surface area (Å²) in [6.07, 6.45) is -3.78. The molecule has 1 amide bonds. The van der Waals surface area contributed by atoms with Gasteiger partial charge in [0, 0.05) is 7.05 Å². The molecule has 5 nitrogen and oxygen atoms in total. The number of alkyl halides is 3. The Morgan fingerprint density at radius 1 is 1.15 bits per heavy atom. The van der Waals surface area contributed by atoms with Gasteiger partial charge in [-0.1, -0.05) is 26.0 Å². The van der Waals surface area contributed by atoms with Crippen molar-refractivity contribution in [3.05, 3.63) is 53.2 Å². The lowest BCUT2D eigenvalue weighted by molar-refractivity contribution is -0.137. The Bertz CT molecular complexity index is 745. The van der Waals surface area contributed by atoms with E-state index in [1.165, 1.54) is 19.2 Å². The van der Waals surface area contributed by atoms with Crippen molar-refractivity contribution in [2.75, 3.05) is 12.4 Å². The Balaban J connectivity index is 2.27. The zero-order valence-electron chi connectivity index (χ0n) is 14.8. The second kappa shape index (κ2) is 8.16. The molecule has 2 rings (SSSR count). The highest BCUT2D eigenvalue weighted by molar-refractivity contribution is 5.91. The molecule has 26 heavy (non-hydrogen) atoms. The lowest BCUT2D eigenvalue weighted by atomic mass is 9.95. The Morgan fingerprint density at radius 3 is 2.42 bits per heavy atom. The molecule has 0 aliphatic carbocycles. The molecule has 0 saturated carbocycles. The number of hydrogen-bond acceptors (Lipinski definition) is 4. The van der Waals surface area contributed by atoms with Crippen LogP contribution in [0, 0.1) is 5.92 Å². The van der Waals surface area contributed by atoms with E-state index >= 15 is 0 Å². The van der Waals surface area contributed by atoms with Gasteiger partial charge in [0.25, 0.3) is 5.91 Å². The van der Waals surface area contributed by atoms with Crippen LogP contribution in [0.4, 0.5) is 19.0 Å². The number of nitrogens with one attached hydrogen (secondary N) is 2. The molecule has 1 atom stereocenters. The molecule has 1 heterocycles. The summed E-state index contributed by atoms with van der Waals surface area (Å²) in [5.74, 6) is 0.279. The Labute approximate surface area is 150 Å². The first-order valence-corrected chi connectivity index (χ1v) is 8.20. The van der Waals surface area contributed by atoms with E-state index in [4.69, 9.17) is 0 Å². The average Bonchev–Trinajstić information content (AvgIpc) is 2.60. The summed E-state index contributed by atoms with van der Waals surface area (Å²) in [5, 5.41) is 13.3. The zero-order valence-corrected chi connectivity index (χ0v) is 14.8. The van der Waals surface area contributed by atoms with E-state index in [-0.39, 0.29) is 23.6 Å². The summed E-state index contributed by atoms with van der Waals surface area (Å²) in [5.41, 5.74) is -0.00478. The normalized spacial score (nSPS) is 12.7. The molecule has 0 saturated heterocycles. The van der Waals surface area contributed by atoms with Gasteiger partial charge in [-0.25, -0.2) is 0 Å². The minimum Gasteiger partial charge on any atom is -0.362 e. The van der Waals surface area contributed by atoms with Crippen molar-refractivity contribution in [1.29, 1.82) is 0 Å². The van der Waals surface area contributed by atoms with Gasteiger partial charge in [-0.2, -0.15) is 13.2 Å². The van der Waals surface area contributed by atoms with Crippen molar-refractivity contribution in [3.8, 4) is 0 Å². The number of nitrogens with zero attached hydrogens (tertiary/aromatic N) is 2. The number of carbonyl (C=O) groups excluding carboxylic acids is 1. The van der Waals surface area contributed by atoms with Crippen molar-refractivity contribution in [3.63, 3.8) is 0 Å². The van der Waals surface area contributed by atoms with Crippen LogP contribution in [0.3, 0.4) is 0 Å². The summed E-state index contributed by atoms with van der Waals surface area (Å²) in [7, 11) is 1.49. The minimum atomic E-state index is -4.40. The average molecular weight is 366 g/mol. The molecule has 0 fully saturated rings. The van der Waals surface area contributed by atoms with Gasteiger partial charge in [0.2, 0.25) is 0 Å². The highest BCUT2D eigenvalue weighted by atomic mass is 19.4. The Hall–Kier alpha value is -2.64. The predicted octanol–water partition coefficient (Wildman–Crippen LogP) is 4.05. The second-order valence-electron chi connectivity index (χ2n) is 6.33. The smallest absolute Gasteiger partial charge is 0.362 e. The fraction of sp³-hybridized carbons (Fsp3) is 0.389. The molecule has 1 unspecified atom stereocenters. The number of halogens is 3. The number of carbonyl (C=O) groups is 1. The molecule has 0 aliphatic heterocycles. The SMILES string of the molecule is CNC(=O)c1ccc(NC(CC(C)C)c2cccc(C(F)(F)F)c2)nn1. The minimum absolute atomic E-state index is 0.164. The summed E-state index contributed by atoms with van der Waals surface area (Å²) >= 11 is 0. The molecule has 0 radical (unpaired) electrons. The Morgan fingerprint density at radius 2 is 1.88 bits per heavy atom. The molecule has 0 aliphatic rings. The standard InChI is InChI=1S/C18H21F3N4O/c1-11(2)9-15(12-5-4-6-13(10-12)18(19,20)21)23-16-8-7-14(24-25-16)17(26)22-3/h4-8,10-11,15H,9H2,1-3H3,(H,22,26)(H,23,25). The van der Waals surface area contributed by atoms with E-state index < -0.39 is 11.7 Å². The van der Waals surface area contributed by atoms with Gasteiger partial charge in [-0.15, -0.1) is 10.2 Å². The van der Waals surface area contributed by atoms with Crippen molar-refractivity contribution < 1.29 is 18.0 Å². The maximum Gasteiger partial charge on any atom is 0.416 e. The molecular formula is C18H21F3N4O. The summed E-state index contributed by atoms with van der Waals surface area (Å²) in [6.45, 7) is 3.98. The first-order valence-electron chi connectivity index (χ1n) is 8.20. The first-order chi connectivity index (χ1) is 12.2. The van der Waals surface area contributed by atoms with Crippen LogP contribution in [-0.2, 0) is 6.18 Å². The van der Waals surface area contributed by atoms with Crippen LogP contribution in [0.5, 0.6) is 0 Å². The lowest BCUT2D eigenvalue weighted by Gasteiger charge is -2.22. The van der Waals surface area contributed by atoms with E-state index in [2.05, 4.69) is 20.8 Å². The monoisotopic (exact) mass is 366 g/mol. The van der Waals surface area contributed by atoms with Crippen molar-refractivity contribution >= 4 is 11.7 Å². The summed E-state index contributed by atoms with van der Waals surface area (Å²) in [6, 6.07) is 7.97. The van der Waals surface area contributed by atoms with E-state index in [0.717, 1.165) is 12.1 Å². The number of amides is 1. The number of hydrogen-bond donors (Lipinski definition) is 2. The fourth-order valence-electron chi connectivity index (χ4n) is 2.52. The highest BCUT2D eigenvalue weighted by Gasteiger charge is 2.31. The van der Waals surface area contributed by atoms with Crippen LogP contribution in [0.15, 0.2) is 36.4 Å². The van der Waals surface area contributed by atoms with E-state index in [1.807, 2.05) is 13.8 Å². The van der Waals surface area contributed by atoms with Gasteiger partial charge >= 0.3 is 6.18 Å². The van der Waals surface area contributed by atoms with Gasteiger partial charge in [-0.05, 0) is 42.2 Å². The van der Waals surface area contributed by atoms with Crippen LogP contribution < -0.4 is 10.6 Å². The second-order valence-corrected chi connectivity index (χ2v) is 6.33. The first kappa shape index (κ1) is 19.7. The summed E-state index contributed by atoms with van der Waals surface area (Å²) < 4.78 is 39.0. The van der Waals surface area contributed by atoms with Gasteiger partial charge in [0.1, 0.15) is 5.82 Å². The Kier molecular flexibility index (Phi) is 6.18. The molecule has 1 aromatic carbocycles. The van der Waals surface area contributed by atoms with Crippen molar-refractivity contribution in [1.82, 2.24) is 15.5 Å². The van der Waals surface area contributed by atoms with Crippen LogP contribution >= 0.6 is 0 Å².